The van der Waals surface area contributed by atoms with E-state index < -0.39 is 11.2 Å². The molecule has 1 aliphatic heterocycles. The molecule has 9 nitrogen and oxygen atoms in total. The van der Waals surface area contributed by atoms with Gasteiger partial charge in [-0.1, -0.05) is 0 Å². The summed E-state index contributed by atoms with van der Waals surface area (Å²) in [4.78, 5) is 47.2. The summed E-state index contributed by atoms with van der Waals surface area (Å²) in [5, 5.41) is 0. The number of rotatable bonds is 5. The molecule has 0 aliphatic carbocycles. The Morgan fingerprint density at radius 3 is 2.85 bits per heavy atom. The first-order valence-electron chi connectivity index (χ1n) is 8.23. The van der Waals surface area contributed by atoms with Crippen molar-refractivity contribution in [3.05, 3.63) is 50.0 Å². The van der Waals surface area contributed by atoms with E-state index in [4.69, 9.17) is 4.74 Å². The number of aryl methyl sites for hydroxylation is 1. The Balaban J connectivity index is 1.54. The van der Waals surface area contributed by atoms with Crippen LogP contribution in [0.2, 0.25) is 0 Å². The zero-order valence-electron chi connectivity index (χ0n) is 13.9. The quantitative estimate of drug-likeness (QED) is 0.751. The third kappa shape index (κ3) is 4.78. The second-order valence-electron chi connectivity index (χ2n) is 5.96. The van der Waals surface area contributed by atoms with Gasteiger partial charge in [0.2, 0.25) is 5.91 Å². The molecule has 0 spiro atoms. The molecular weight excluding hydrogens is 406 g/mol. The van der Waals surface area contributed by atoms with Crippen molar-refractivity contribution in [2.24, 2.45) is 0 Å². The van der Waals surface area contributed by atoms with Crippen LogP contribution in [0.3, 0.4) is 0 Å². The van der Waals surface area contributed by atoms with Gasteiger partial charge in [-0.3, -0.25) is 14.6 Å². The number of H-pyrrole nitrogens is 1. The molecule has 0 saturated carbocycles. The van der Waals surface area contributed by atoms with Crippen LogP contribution in [0.25, 0.3) is 0 Å². The Bertz CT molecular complexity index is 879. The van der Waals surface area contributed by atoms with Crippen LogP contribution in [0, 0.1) is 0 Å². The molecule has 1 amide bonds. The van der Waals surface area contributed by atoms with Gasteiger partial charge in [0.15, 0.2) is 0 Å². The summed E-state index contributed by atoms with van der Waals surface area (Å²) in [6.07, 6.45) is 6.26. The standard InChI is InChI=1S/C16H18BrN5O4/c17-11-8-18-15(19-9-11)26-12-2-1-5-22(10-12)14(24)4-7-21-6-3-13(23)20-16(21)25/h3,6,8-9,12H,1-2,4-5,7,10H2,(H,20,23,25). The minimum absolute atomic E-state index is 0.0619. The summed E-state index contributed by atoms with van der Waals surface area (Å²) >= 11 is 3.27. The number of aromatic nitrogens is 4. The number of amides is 1. The fraction of sp³-hybridized carbons (Fsp3) is 0.438. The van der Waals surface area contributed by atoms with Gasteiger partial charge in [0.25, 0.3) is 5.56 Å². The molecule has 0 bridgehead atoms. The monoisotopic (exact) mass is 423 g/mol. The van der Waals surface area contributed by atoms with Gasteiger partial charge in [0.1, 0.15) is 6.10 Å². The van der Waals surface area contributed by atoms with Gasteiger partial charge in [0.05, 0.1) is 11.0 Å². The number of hydrogen-bond acceptors (Lipinski definition) is 6. The van der Waals surface area contributed by atoms with Crippen molar-refractivity contribution in [1.29, 1.82) is 0 Å². The molecule has 138 valence electrons. The van der Waals surface area contributed by atoms with Crippen molar-refractivity contribution in [1.82, 2.24) is 24.4 Å². The molecule has 3 heterocycles. The second-order valence-corrected chi connectivity index (χ2v) is 6.87. The highest BCUT2D eigenvalue weighted by atomic mass is 79.9. The van der Waals surface area contributed by atoms with Crippen LogP contribution in [0.5, 0.6) is 6.01 Å². The topological polar surface area (TPSA) is 110 Å². The number of nitrogens with zero attached hydrogens (tertiary/aromatic N) is 4. The van der Waals surface area contributed by atoms with E-state index in [1.807, 2.05) is 0 Å². The minimum Gasteiger partial charge on any atom is -0.458 e. The number of ether oxygens (including phenoxy) is 1. The lowest BCUT2D eigenvalue weighted by molar-refractivity contribution is -0.134. The summed E-state index contributed by atoms with van der Waals surface area (Å²) in [5.41, 5.74) is -0.971. The van der Waals surface area contributed by atoms with Gasteiger partial charge in [-0.2, -0.15) is 0 Å². The van der Waals surface area contributed by atoms with E-state index in [9.17, 15) is 14.4 Å². The highest BCUT2D eigenvalue weighted by Gasteiger charge is 2.25. The van der Waals surface area contributed by atoms with Crippen LogP contribution in [0.4, 0.5) is 0 Å². The molecule has 0 radical (unpaired) electrons. The maximum Gasteiger partial charge on any atom is 0.328 e. The Kier molecular flexibility index (Phi) is 5.82. The largest absolute Gasteiger partial charge is 0.458 e. The molecule has 1 N–H and O–H groups in total. The molecule has 2 aromatic rings. The number of nitrogens with one attached hydrogen (secondary N) is 1. The average molecular weight is 424 g/mol. The SMILES string of the molecule is O=C(CCn1ccc(=O)[nH]c1=O)N1CCCC(Oc2ncc(Br)cn2)C1. The highest BCUT2D eigenvalue weighted by Crippen LogP contribution is 2.17. The number of aromatic amines is 1. The molecule has 26 heavy (non-hydrogen) atoms. The molecule has 3 rings (SSSR count). The van der Waals surface area contributed by atoms with E-state index in [0.29, 0.717) is 13.1 Å². The minimum atomic E-state index is -0.516. The average Bonchev–Trinajstić information content (AvgIpc) is 2.63. The first kappa shape index (κ1) is 18.3. The Hall–Kier alpha value is -2.49. The van der Waals surface area contributed by atoms with Crippen molar-refractivity contribution >= 4 is 21.8 Å². The van der Waals surface area contributed by atoms with Gasteiger partial charge in [-0.15, -0.1) is 0 Å². The summed E-state index contributed by atoms with van der Waals surface area (Å²) in [6.45, 7) is 1.32. The van der Waals surface area contributed by atoms with Crippen LogP contribution in [0.1, 0.15) is 19.3 Å². The lowest BCUT2D eigenvalue weighted by atomic mass is 10.1. The highest BCUT2D eigenvalue weighted by molar-refractivity contribution is 9.10. The molecule has 10 heteroatoms. The predicted molar refractivity (Wildman–Crippen MR) is 95.9 cm³/mol. The van der Waals surface area contributed by atoms with Crippen LogP contribution >= 0.6 is 15.9 Å². The van der Waals surface area contributed by atoms with E-state index in [1.165, 1.54) is 16.8 Å². The number of piperidine rings is 1. The lowest BCUT2D eigenvalue weighted by Gasteiger charge is -2.32. The van der Waals surface area contributed by atoms with Crippen LogP contribution < -0.4 is 16.0 Å². The van der Waals surface area contributed by atoms with Crippen LogP contribution in [-0.2, 0) is 11.3 Å². The lowest BCUT2D eigenvalue weighted by Crippen LogP contribution is -2.45. The summed E-state index contributed by atoms with van der Waals surface area (Å²) in [6, 6.07) is 1.54. The molecular formula is C16H18BrN5O4. The van der Waals surface area contributed by atoms with Gasteiger partial charge < -0.3 is 14.2 Å². The molecule has 1 aliphatic rings. The van der Waals surface area contributed by atoms with E-state index in [2.05, 4.69) is 30.9 Å². The fourth-order valence-corrected chi connectivity index (χ4v) is 2.97. The maximum atomic E-state index is 12.4. The second kappa shape index (κ2) is 8.26. The smallest absolute Gasteiger partial charge is 0.328 e. The van der Waals surface area contributed by atoms with Crippen molar-refractivity contribution < 1.29 is 9.53 Å². The predicted octanol–water partition coefficient (Wildman–Crippen LogP) is 0.549. The van der Waals surface area contributed by atoms with Crippen LogP contribution in [0.15, 0.2) is 38.7 Å². The van der Waals surface area contributed by atoms with Gasteiger partial charge in [-0.05, 0) is 28.8 Å². The number of halogens is 1. The molecule has 1 saturated heterocycles. The zero-order valence-corrected chi connectivity index (χ0v) is 15.5. The zero-order chi connectivity index (χ0) is 18.5. The summed E-state index contributed by atoms with van der Waals surface area (Å²) in [5.74, 6) is -0.0619. The van der Waals surface area contributed by atoms with Gasteiger partial charge >= 0.3 is 11.7 Å². The summed E-state index contributed by atoms with van der Waals surface area (Å²) in [7, 11) is 0. The first-order valence-corrected chi connectivity index (χ1v) is 9.02. The fourth-order valence-electron chi connectivity index (χ4n) is 2.77. The van der Waals surface area contributed by atoms with Gasteiger partial charge in [0, 0.05) is 44.2 Å². The summed E-state index contributed by atoms with van der Waals surface area (Å²) < 4.78 is 7.83. The van der Waals surface area contributed by atoms with Crippen molar-refractivity contribution in [2.75, 3.05) is 13.1 Å². The normalized spacial score (nSPS) is 17.1. The molecule has 1 atom stereocenters. The Morgan fingerprint density at radius 2 is 2.12 bits per heavy atom. The number of carbonyl (C=O) groups excluding carboxylic acids is 1. The van der Waals surface area contributed by atoms with E-state index in [-0.39, 0.29) is 31.0 Å². The van der Waals surface area contributed by atoms with Crippen molar-refractivity contribution in [3.8, 4) is 6.01 Å². The Labute approximate surface area is 157 Å². The number of hydrogen-bond donors (Lipinski definition) is 1. The molecule has 0 aromatic carbocycles. The maximum absolute atomic E-state index is 12.4. The van der Waals surface area contributed by atoms with E-state index in [1.54, 1.807) is 17.3 Å². The van der Waals surface area contributed by atoms with Gasteiger partial charge in [-0.25, -0.2) is 14.8 Å². The molecule has 1 fully saturated rings. The third-order valence-electron chi connectivity index (χ3n) is 4.06. The van der Waals surface area contributed by atoms with E-state index in [0.717, 1.165) is 17.3 Å². The number of carbonyl (C=O) groups is 1. The van der Waals surface area contributed by atoms with Crippen molar-refractivity contribution in [2.45, 2.75) is 31.9 Å². The molecule has 1 unspecified atom stereocenters. The third-order valence-corrected chi connectivity index (χ3v) is 4.47. The number of likely N-dealkylation sites (tertiary alicyclic amines) is 1. The van der Waals surface area contributed by atoms with Crippen molar-refractivity contribution in [3.63, 3.8) is 0 Å². The van der Waals surface area contributed by atoms with E-state index >= 15 is 0 Å². The molecule has 2 aromatic heterocycles. The Morgan fingerprint density at radius 1 is 1.35 bits per heavy atom. The first-order chi connectivity index (χ1) is 12.5. The van der Waals surface area contributed by atoms with Crippen LogP contribution in [-0.4, -0.2) is 49.5 Å².